The van der Waals surface area contributed by atoms with E-state index in [1.165, 1.54) is 7.11 Å². The molecule has 140 valence electrons. The van der Waals surface area contributed by atoms with Gasteiger partial charge in [0.25, 0.3) is 0 Å². The van der Waals surface area contributed by atoms with Gasteiger partial charge in [-0.25, -0.2) is 4.79 Å². The van der Waals surface area contributed by atoms with E-state index in [-0.39, 0.29) is 23.3 Å². The van der Waals surface area contributed by atoms with E-state index in [1.54, 1.807) is 24.3 Å². The van der Waals surface area contributed by atoms with Gasteiger partial charge in [-0.05, 0) is 55.7 Å². The van der Waals surface area contributed by atoms with Crippen LogP contribution in [0.5, 0.6) is 0 Å². The van der Waals surface area contributed by atoms with Gasteiger partial charge in [0.15, 0.2) is 0 Å². The summed E-state index contributed by atoms with van der Waals surface area (Å²) < 4.78 is 4.73. The Labute approximate surface area is 157 Å². The smallest absolute Gasteiger partial charge is 0.339 e. The molecule has 1 aliphatic carbocycles. The number of anilines is 2. The molecule has 0 bridgehead atoms. The molecule has 0 aromatic heterocycles. The maximum atomic E-state index is 12.5. The average Bonchev–Trinajstić information content (AvgIpc) is 3.41. The monoisotopic (exact) mass is 366 g/mol. The number of hydrogen-bond donors (Lipinski definition) is 2. The van der Waals surface area contributed by atoms with E-state index < -0.39 is 11.9 Å². The van der Waals surface area contributed by atoms with Crippen molar-refractivity contribution in [3.63, 3.8) is 0 Å². The number of carbonyl (C=O) groups excluding carboxylic acids is 3. The highest BCUT2D eigenvalue weighted by Crippen LogP contribution is 2.40. The summed E-state index contributed by atoms with van der Waals surface area (Å²) in [6, 6.07) is 12.5. The van der Waals surface area contributed by atoms with E-state index in [0.717, 1.165) is 16.8 Å². The third-order valence-corrected chi connectivity index (χ3v) is 4.54. The van der Waals surface area contributed by atoms with Gasteiger partial charge in [-0.2, -0.15) is 0 Å². The first-order chi connectivity index (χ1) is 12.9. The number of ether oxygens (including phenoxy) is 1. The van der Waals surface area contributed by atoms with Crippen molar-refractivity contribution in [1.82, 2.24) is 0 Å². The number of nitrogens with one attached hydrogen (secondary N) is 2. The Balaban J connectivity index is 1.62. The summed E-state index contributed by atoms with van der Waals surface area (Å²) in [5, 5.41) is 5.61. The molecule has 2 aromatic rings. The van der Waals surface area contributed by atoms with E-state index in [0.29, 0.717) is 12.1 Å². The van der Waals surface area contributed by atoms with E-state index in [2.05, 4.69) is 10.6 Å². The lowest BCUT2D eigenvalue weighted by Crippen LogP contribution is -2.21. The quantitative estimate of drug-likeness (QED) is 0.795. The number of aryl methyl sites for hydroxylation is 2. The van der Waals surface area contributed by atoms with Crippen molar-refractivity contribution >= 4 is 29.2 Å². The molecular weight excluding hydrogens is 344 g/mol. The van der Waals surface area contributed by atoms with Gasteiger partial charge in [-0.3, -0.25) is 9.59 Å². The highest BCUT2D eigenvalue weighted by atomic mass is 16.5. The molecule has 0 spiro atoms. The van der Waals surface area contributed by atoms with E-state index >= 15 is 0 Å². The van der Waals surface area contributed by atoms with Crippen molar-refractivity contribution in [2.75, 3.05) is 17.7 Å². The number of methoxy groups -OCH3 is 1. The molecule has 2 atom stereocenters. The molecule has 2 N–H and O–H groups in total. The van der Waals surface area contributed by atoms with Crippen LogP contribution in [0.1, 0.15) is 27.9 Å². The van der Waals surface area contributed by atoms with Crippen LogP contribution in [0.4, 0.5) is 11.4 Å². The minimum absolute atomic E-state index is 0.165. The Morgan fingerprint density at radius 2 is 1.52 bits per heavy atom. The first-order valence-electron chi connectivity index (χ1n) is 8.76. The van der Waals surface area contributed by atoms with Crippen molar-refractivity contribution < 1.29 is 19.1 Å². The topological polar surface area (TPSA) is 84.5 Å². The van der Waals surface area contributed by atoms with Crippen LogP contribution in [0.15, 0.2) is 42.5 Å². The van der Waals surface area contributed by atoms with Gasteiger partial charge in [-0.1, -0.05) is 18.2 Å². The summed E-state index contributed by atoms with van der Waals surface area (Å²) in [7, 11) is 1.29. The molecule has 1 fully saturated rings. The van der Waals surface area contributed by atoms with Crippen LogP contribution in [0.25, 0.3) is 0 Å². The third kappa shape index (κ3) is 4.34. The number of para-hydroxylation sites is 1. The fourth-order valence-corrected chi connectivity index (χ4v) is 3.16. The van der Waals surface area contributed by atoms with Gasteiger partial charge in [0, 0.05) is 5.69 Å². The number of benzene rings is 2. The molecule has 0 radical (unpaired) electrons. The van der Waals surface area contributed by atoms with Gasteiger partial charge in [0.05, 0.1) is 30.2 Å². The fourth-order valence-electron chi connectivity index (χ4n) is 3.16. The minimum Gasteiger partial charge on any atom is -0.465 e. The Morgan fingerprint density at radius 3 is 2.15 bits per heavy atom. The molecule has 2 amide bonds. The van der Waals surface area contributed by atoms with Gasteiger partial charge in [-0.15, -0.1) is 0 Å². The minimum atomic E-state index is -0.522. The Bertz CT molecular complexity index is 887. The SMILES string of the molecule is COC(=O)c1ccccc1NC(=O)C1CC1C(=O)Nc1cc(C)cc(C)c1. The molecule has 1 aliphatic rings. The van der Waals surface area contributed by atoms with E-state index in [4.69, 9.17) is 4.74 Å². The summed E-state index contributed by atoms with van der Waals surface area (Å²) >= 11 is 0. The van der Waals surface area contributed by atoms with E-state index in [9.17, 15) is 14.4 Å². The molecule has 1 saturated carbocycles. The number of rotatable bonds is 5. The lowest BCUT2D eigenvalue weighted by atomic mass is 10.1. The van der Waals surface area contributed by atoms with Crippen LogP contribution in [-0.2, 0) is 14.3 Å². The highest BCUT2D eigenvalue weighted by Gasteiger charge is 2.48. The predicted molar refractivity (Wildman–Crippen MR) is 103 cm³/mol. The number of amides is 2. The van der Waals surface area contributed by atoms with Gasteiger partial charge in [0.2, 0.25) is 11.8 Å². The van der Waals surface area contributed by atoms with Crippen LogP contribution in [0.2, 0.25) is 0 Å². The van der Waals surface area contributed by atoms with Gasteiger partial charge >= 0.3 is 5.97 Å². The van der Waals surface area contributed by atoms with E-state index in [1.807, 2.05) is 32.0 Å². The molecule has 27 heavy (non-hydrogen) atoms. The van der Waals surface area contributed by atoms with Crippen molar-refractivity contribution in [1.29, 1.82) is 0 Å². The lowest BCUT2D eigenvalue weighted by Gasteiger charge is -2.10. The van der Waals surface area contributed by atoms with Crippen LogP contribution < -0.4 is 10.6 Å². The molecule has 2 aromatic carbocycles. The molecule has 0 heterocycles. The summed E-state index contributed by atoms with van der Waals surface area (Å²) in [4.78, 5) is 36.7. The molecule has 2 unspecified atom stereocenters. The zero-order valence-corrected chi connectivity index (χ0v) is 15.5. The van der Waals surface area contributed by atoms with Gasteiger partial charge in [0.1, 0.15) is 0 Å². The van der Waals surface area contributed by atoms with Crippen molar-refractivity contribution in [2.45, 2.75) is 20.3 Å². The molecule has 0 aliphatic heterocycles. The summed E-state index contributed by atoms with van der Waals surface area (Å²) in [5.41, 5.74) is 3.53. The summed E-state index contributed by atoms with van der Waals surface area (Å²) in [5.74, 6) is -1.73. The zero-order chi connectivity index (χ0) is 19.6. The second kappa shape index (κ2) is 7.61. The third-order valence-electron chi connectivity index (χ3n) is 4.54. The number of hydrogen-bond acceptors (Lipinski definition) is 4. The molecule has 0 saturated heterocycles. The predicted octanol–water partition coefficient (Wildman–Crippen LogP) is 3.30. The van der Waals surface area contributed by atoms with Crippen LogP contribution >= 0.6 is 0 Å². The highest BCUT2D eigenvalue weighted by molar-refractivity contribution is 6.06. The van der Waals surface area contributed by atoms with Crippen molar-refractivity contribution in [3.8, 4) is 0 Å². The molecule has 3 rings (SSSR count). The lowest BCUT2D eigenvalue weighted by molar-refractivity contribution is -0.122. The van der Waals surface area contributed by atoms with Crippen molar-refractivity contribution in [3.05, 3.63) is 59.2 Å². The average molecular weight is 366 g/mol. The first-order valence-corrected chi connectivity index (χ1v) is 8.76. The van der Waals surface area contributed by atoms with Crippen LogP contribution in [0.3, 0.4) is 0 Å². The molecule has 6 heteroatoms. The normalized spacial score (nSPS) is 17.7. The van der Waals surface area contributed by atoms with Crippen LogP contribution in [0, 0.1) is 25.7 Å². The molecule has 6 nitrogen and oxygen atoms in total. The summed E-state index contributed by atoms with van der Waals surface area (Å²) in [6.45, 7) is 3.93. The second-order valence-corrected chi connectivity index (χ2v) is 6.84. The first kappa shape index (κ1) is 18.6. The zero-order valence-electron chi connectivity index (χ0n) is 15.5. The van der Waals surface area contributed by atoms with Crippen LogP contribution in [-0.4, -0.2) is 24.9 Å². The maximum Gasteiger partial charge on any atom is 0.339 e. The Kier molecular flexibility index (Phi) is 5.26. The number of esters is 1. The fraction of sp³-hybridized carbons (Fsp3) is 0.286. The Hall–Kier alpha value is -3.15. The van der Waals surface area contributed by atoms with Crippen molar-refractivity contribution in [2.24, 2.45) is 11.8 Å². The summed E-state index contributed by atoms with van der Waals surface area (Å²) in [6.07, 6.45) is 0.489. The standard InChI is InChI=1S/C21H22N2O4/c1-12-8-13(2)10-14(9-12)22-19(24)16-11-17(16)20(25)23-18-7-5-4-6-15(18)21(26)27-3/h4-10,16-17H,11H2,1-3H3,(H,22,24)(H,23,25). The molecular formula is C21H22N2O4. The second-order valence-electron chi connectivity index (χ2n) is 6.84. The van der Waals surface area contributed by atoms with Gasteiger partial charge < -0.3 is 15.4 Å². The largest absolute Gasteiger partial charge is 0.465 e. The number of carbonyl (C=O) groups is 3. The Morgan fingerprint density at radius 1 is 0.926 bits per heavy atom. The maximum absolute atomic E-state index is 12.5.